The summed E-state index contributed by atoms with van der Waals surface area (Å²) in [6.07, 6.45) is 8.36. The molecular formula is C19H24N2. The first-order chi connectivity index (χ1) is 9.98. The summed E-state index contributed by atoms with van der Waals surface area (Å²) in [6, 6.07) is 8.50. The second-order valence-corrected chi connectivity index (χ2v) is 9.01. The SMILES string of the molecule is CC12CC3CC(C)(C1)CC(c1nc4ccccc4[nH]1)(C3)C2. The molecule has 1 aromatic heterocycles. The van der Waals surface area contributed by atoms with Gasteiger partial charge in [0, 0.05) is 5.41 Å². The fraction of sp³-hybridized carbons (Fsp3) is 0.632. The molecule has 0 aliphatic heterocycles. The summed E-state index contributed by atoms with van der Waals surface area (Å²) in [4.78, 5) is 8.69. The molecule has 4 aliphatic carbocycles. The Balaban J connectivity index is 1.67. The van der Waals surface area contributed by atoms with Gasteiger partial charge in [-0.05, 0) is 67.4 Å². The highest BCUT2D eigenvalue weighted by molar-refractivity contribution is 5.75. The molecule has 4 bridgehead atoms. The largest absolute Gasteiger partial charge is 0.342 e. The first-order valence-corrected chi connectivity index (χ1v) is 8.43. The standard InChI is InChI=1S/C19H24N2/c1-17-7-13-8-18(2,10-17)12-19(9-13,11-17)16-20-14-5-3-4-6-15(14)21-16/h3-6,13H,7-12H2,1-2H3,(H,20,21). The van der Waals surface area contributed by atoms with Crippen LogP contribution in [-0.4, -0.2) is 9.97 Å². The lowest BCUT2D eigenvalue weighted by molar-refractivity contribution is -0.112. The van der Waals surface area contributed by atoms with Crippen molar-refractivity contribution in [1.82, 2.24) is 9.97 Å². The van der Waals surface area contributed by atoms with E-state index in [-0.39, 0.29) is 0 Å². The predicted octanol–water partition coefficient (Wildman–Crippen LogP) is 4.81. The van der Waals surface area contributed by atoms with Gasteiger partial charge in [-0.1, -0.05) is 26.0 Å². The van der Waals surface area contributed by atoms with E-state index in [0.717, 1.165) is 11.4 Å². The van der Waals surface area contributed by atoms with Crippen LogP contribution in [0.25, 0.3) is 11.0 Å². The molecule has 0 radical (unpaired) electrons. The van der Waals surface area contributed by atoms with Gasteiger partial charge in [0.05, 0.1) is 11.0 Å². The lowest BCUT2D eigenvalue weighted by Gasteiger charge is -2.64. The molecule has 2 aromatic rings. The van der Waals surface area contributed by atoms with E-state index >= 15 is 0 Å². The fourth-order valence-electron chi connectivity index (χ4n) is 6.92. The van der Waals surface area contributed by atoms with Crippen molar-refractivity contribution in [2.45, 2.75) is 57.8 Å². The number of aromatic nitrogens is 2. The van der Waals surface area contributed by atoms with Gasteiger partial charge in [0.2, 0.25) is 0 Å². The van der Waals surface area contributed by atoms with E-state index in [2.05, 4.69) is 43.1 Å². The van der Waals surface area contributed by atoms with Gasteiger partial charge in [-0.15, -0.1) is 0 Å². The molecule has 4 saturated carbocycles. The van der Waals surface area contributed by atoms with Crippen LogP contribution in [0.15, 0.2) is 24.3 Å². The first-order valence-electron chi connectivity index (χ1n) is 8.43. The number of aromatic amines is 1. The minimum atomic E-state index is 0.321. The molecule has 2 heteroatoms. The third kappa shape index (κ3) is 1.62. The van der Waals surface area contributed by atoms with Gasteiger partial charge >= 0.3 is 0 Å². The van der Waals surface area contributed by atoms with Crippen molar-refractivity contribution in [2.75, 3.05) is 0 Å². The molecule has 1 N–H and O–H groups in total. The smallest absolute Gasteiger partial charge is 0.113 e. The minimum Gasteiger partial charge on any atom is -0.342 e. The maximum absolute atomic E-state index is 5.01. The normalized spacial score (nSPS) is 44.6. The van der Waals surface area contributed by atoms with Crippen LogP contribution in [0.4, 0.5) is 0 Å². The Kier molecular flexibility index (Phi) is 2.06. The summed E-state index contributed by atoms with van der Waals surface area (Å²) < 4.78 is 0. The number of imidazole rings is 1. The number of hydrogen-bond acceptors (Lipinski definition) is 1. The Labute approximate surface area is 126 Å². The van der Waals surface area contributed by atoms with Gasteiger partial charge in [-0.2, -0.15) is 0 Å². The number of para-hydroxylation sites is 2. The lowest BCUT2D eigenvalue weighted by Crippen LogP contribution is -2.57. The van der Waals surface area contributed by atoms with Crippen LogP contribution in [0, 0.1) is 16.7 Å². The molecule has 4 fully saturated rings. The molecule has 0 saturated heterocycles. The summed E-state index contributed by atoms with van der Waals surface area (Å²) in [5, 5.41) is 0. The number of H-pyrrole nitrogens is 1. The summed E-state index contributed by atoms with van der Waals surface area (Å²) >= 11 is 0. The molecule has 21 heavy (non-hydrogen) atoms. The van der Waals surface area contributed by atoms with Crippen molar-refractivity contribution in [2.24, 2.45) is 16.7 Å². The topological polar surface area (TPSA) is 28.7 Å². The Morgan fingerprint density at radius 3 is 2.38 bits per heavy atom. The van der Waals surface area contributed by atoms with Crippen LogP contribution in [0.5, 0.6) is 0 Å². The molecule has 2 atom stereocenters. The highest BCUT2D eigenvalue weighted by atomic mass is 15.0. The van der Waals surface area contributed by atoms with E-state index in [1.807, 2.05) is 0 Å². The molecule has 0 spiro atoms. The van der Waals surface area contributed by atoms with Crippen LogP contribution in [0.2, 0.25) is 0 Å². The van der Waals surface area contributed by atoms with Gasteiger partial charge in [-0.25, -0.2) is 4.98 Å². The van der Waals surface area contributed by atoms with E-state index in [1.54, 1.807) is 0 Å². The second-order valence-electron chi connectivity index (χ2n) is 9.01. The fourth-order valence-corrected chi connectivity index (χ4v) is 6.92. The highest BCUT2D eigenvalue weighted by Crippen LogP contribution is 2.69. The van der Waals surface area contributed by atoms with Crippen LogP contribution in [-0.2, 0) is 5.41 Å². The zero-order valence-electron chi connectivity index (χ0n) is 13.1. The number of nitrogens with zero attached hydrogens (tertiary/aromatic N) is 1. The van der Waals surface area contributed by atoms with E-state index in [9.17, 15) is 0 Å². The van der Waals surface area contributed by atoms with Crippen molar-refractivity contribution < 1.29 is 0 Å². The third-order valence-corrected chi connectivity index (χ3v) is 6.52. The molecule has 1 heterocycles. The van der Waals surface area contributed by atoms with Gasteiger partial charge in [0.15, 0.2) is 0 Å². The highest BCUT2D eigenvalue weighted by Gasteiger charge is 2.61. The molecule has 6 rings (SSSR count). The van der Waals surface area contributed by atoms with Crippen LogP contribution >= 0.6 is 0 Å². The second kappa shape index (κ2) is 3.53. The van der Waals surface area contributed by atoms with E-state index < -0.39 is 0 Å². The average molecular weight is 280 g/mol. The van der Waals surface area contributed by atoms with Crippen LogP contribution in [0.1, 0.15) is 58.2 Å². The minimum absolute atomic E-state index is 0.321. The van der Waals surface area contributed by atoms with Crippen molar-refractivity contribution in [1.29, 1.82) is 0 Å². The van der Waals surface area contributed by atoms with Crippen molar-refractivity contribution in [3.05, 3.63) is 30.1 Å². The number of fused-ring (bicyclic) bond motifs is 1. The van der Waals surface area contributed by atoms with Gasteiger partial charge in [-0.3, -0.25) is 0 Å². The summed E-state index contributed by atoms with van der Waals surface area (Å²) in [7, 11) is 0. The molecule has 110 valence electrons. The Morgan fingerprint density at radius 1 is 1.00 bits per heavy atom. The molecule has 2 unspecified atom stereocenters. The Bertz CT molecular complexity index is 677. The van der Waals surface area contributed by atoms with Crippen LogP contribution in [0.3, 0.4) is 0 Å². The van der Waals surface area contributed by atoms with Crippen molar-refractivity contribution in [3.8, 4) is 0 Å². The van der Waals surface area contributed by atoms with Crippen molar-refractivity contribution >= 4 is 11.0 Å². The molecule has 1 aromatic carbocycles. The van der Waals surface area contributed by atoms with Gasteiger partial charge < -0.3 is 4.98 Å². The maximum Gasteiger partial charge on any atom is 0.113 e. The zero-order chi connectivity index (χ0) is 14.3. The van der Waals surface area contributed by atoms with Gasteiger partial charge in [0.1, 0.15) is 5.82 Å². The lowest BCUT2D eigenvalue weighted by atomic mass is 9.40. The Morgan fingerprint density at radius 2 is 1.71 bits per heavy atom. The summed E-state index contributed by atoms with van der Waals surface area (Å²) in [5.74, 6) is 2.20. The van der Waals surface area contributed by atoms with Gasteiger partial charge in [0.25, 0.3) is 0 Å². The van der Waals surface area contributed by atoms with E-state index in [4.69, 9.17) is 4.98 Å². The Hall–Kier alpha value is -1.31. The summed E-state index contributed by atoms with van der Waals surface area (Å²) in [5.41, 5.74) is 3.76. The monoisotopic (exact) mass is 280 g/mol. The van der Waals surface area contributed by atoms with Crippen LogP contribution < -0.4 is 0 Å². The van der Waals surface area contributed by atoms with E-state index in [1.165, 1.54) is 49.9 Å². The summed E-state index contributed by atoms with van der Waals surface area (Å²) in [6.45, 7) is 5.07. The van der Waals surface area contributed by atoms with Crippen molar-refractivity contribution in [3.63, 3.8) is 0 Å². The third-order valence-electron chi connectivity index (χ3n) is 6.52. The molecule has 4 aliphatic rings. The number of hydrogen-bond donors (Lipinski definition) is 1. The molecule has 0 amide bonds. The molecular weight excluding hydrogens is 256 g/mol. The first kappa shape index (κ1) is 12.3. The zero-order valence-corrected chi connectivity index (χ0v) is 13.1. The number of nitrogens with one attached hydrogen (secondary N) is 1. The number of benzene rings is 1. The van der Waals surface area contributed by atoms with E-state index in [0.29, 0.717) is 16.2 Å². The molecule has 2 nitrogen and oxygen atoms in total. The quantitative estimate of drug-likeness (QED) is 0.797. The predicted molar refractivity (Wildman–Crippen MR) is 85.2 cm³/mol. The average Bonchev–Trinajstić information content (AvgIpc) is 2.78. The number of rotatable bonds is 1. The maximum atomic E-state index is 5.01.